The summed E-state index contributed by atoms with van der Waals surface area (Å²) in [5.74, 6) is 94.2. The van der Waals surface area contributed by atoms with E-state index in [1.54, 1.807) is 27.7 Å². The van der Waals surface area contributed by atoms with Crippen LogP contribution in [0.4, 0.5) is 4.79 Å². The third kappa shape index (κ3) is 27.6. The second-order valence-corrected chi connectivity index (χ2v) is 21.6. The van der Waals surface area contributed by atoms with E-state index in [2.05, 4.69) is 235 Å². The molecule has 8 rings (SSSR count). The van der Waals surface area contributed by atoms with Gasteiger partial charge in [0.05, 0.1) is 13.2 Å². The number of aliphatic hydroxyl groups excluding tert-OH is 3. The topological polar surface area (TPSA) is 195 Å². The van der Waals surface area contributed by atoms with Crippen LogP contribution in [0.2, 0.25) is 0 Å². The lowest BCUT2D eigenvalue weighted by molar-refractivity contribution is -0.175. The van der Waals surface area contributed by atoms with Gasteiger partial charge in [-0.25, -0.2) is 9.69 Å². The predicted octanol–water partition coefficient (Wildman–Crippen LogP) is 10.5. The molecule has 2 amide bonds. The Hall–Kier alpha value is -15.4. The van der Waals surface area contributed by atoms with E-state index in [1.807, 2.05) is 140 Å². The van der Waals surface area contributed by atoms with Crippen LogP contribution in [0.5, 0.6) is 0 Å². The van der Waals surface area contributed by atoms with E-state index in [4.69, 9.17) is 23.3 Å². The molecule has 0 unspecified atom stereocenters. The maximum atomic E-state index is 14.2. The third-order valence-corrected chi connectivity index (χ3v) is 14.1. The maximum absolute atomic E-state index is 14.2. The molecule has 1 aliphatic heterocycles. The van der Waals surface area contributed by atoms with Crippen LogP contribution >= 0.6 is 0 Å². The first-order valence-electron chi connectivity index (χ1n) is 31.5. The molecule has 7 aromatic rings. The van der Waals surface area contributed by atoms with Crippen LogP contribution < -0.4 is 0 Å². The summed E-state index contributed by atoms with van der Waals surface area (Å²) in [6.45, 7) is 9.09. The molecule has 0 aliphatic carbocycles. The van der Waals surface area contributed by atoms with Crippen LogP contribution in [0.1, 0.15) is 95.3 Å². The number of aliphatic hydroxyl groups is 3. The SMILES string of the molecule is C.CC#CC#CC#CC#CC#CC#CC#CC#CC#CC#CC#CC#CC#CC#CC#CC#CC#CC#CC#CC.CC1(C)OC(=O)N(C(=O)[C@@](C)(OCc2ccc(-c3ccccc3)cc2)[C@@H](O)c2ccon2)[C@H]1c1ccccc1.C[C@@](OCc1ccc(-c2ccccc2)cc1)(C(=O)CO)[C@@H](O)c1ccon1. The largest absolute Gasteiger partial charge is 0.440 e. The molecule has 3 N–H and O–H groups in total. The van der Waals surface area contributed by atoms with Gasteiger partial charge in [-0.1, -0.05) is 169 Å². The van der Waals surface area contributed by atoms with Crippen molar-refractivity contribution in [1.29, 1.82) is 0 Å². The molecule has 1 saturated heterocycles. The smallest absolute Gasteiger partial charge is 0.417 e. The highest BCUT2D eigenvalue weighted by molar-refractivity contribution is 5.99. The Morgan fingerprint density at radius 3 is 1.01 bits per heavy atom. The Kier molecular flexibility index (Phi) is 35.4. The highest BCUT2D eigenvalue weighted by atomic mass is 16.6. The van der Waals surface area contributed by atoms with Crippen molar-refractivity contribution in [3.8, 4) is 247 Å². The molecule has 0 radical (unpaired) electrons. The van der Waals surface area contributed by atoms with Crippen LogP contribution in [0.15, 0.2) is 173 Å². The number of ketones is 1. The van der Waals surface area contributed by atoms with Crippen LogP contribution in [-0.2, 0) is 37.0 Å². The van der Waals surface area contributed by atoms with Crippen molar-refractivity contribution < 1.29 is 53.0 Å². The van der Waals surface area contributed by atoms with Gasteiger partial charge in [0.2, 0.25) is 0 Å². The highest BCUT2D eigenvalue weighted by Gasteiger charge is 2.57. The molecule has 514 valence electrons. The zero-order valence-corrected chi connectivity index (χ0v) is 57.9. The molecule has 107 heavy (non-hydrogen) atoms. The number of nitrogens with zero attached hydrogens (tertiary/aromatic N) is 3. The summed E-state index contributed by atoms with van der Waals surface area (Å²) in [7, 11) is 0. The van der Waals surface area contributed by atoms with Gasteiger partial charge in [0.15, 0.2) is 17.0 Å². The molecule has 1 aliphatic rings. The summed E-state index contributed by atoms with van der Waals surface area (Å²) >= 11 is 0. The van der Waals surface area contributed by atoms with Gasteiger partial charge in [0.25, 0.3) is 5.91 Å². The number of imide groups is 1. The van der Waals surface area contributed by atoms with E-state index in [1.165, 1.54) is 38.5 Å². The molecule has 0 saturated carbocycles. The number of amides is 2. The lowest BCUT2D eigenvalue weighted by atomic mass is 9.88. The van der Waals surface area contributed by atoms with E-state index in [9.17, 15) is 29.7 Å². The minimum atomic E-state index is -1.90. The summed E-state index contributed by atoms with van der Waals surface area (Å²) in [5, 5.41) is 38.7. The molecule has 0 spiro atoms. The standard InChI is InChI=1S/C40H6.C31H30N2O6.C21H21NO5.CH4/c1-3-5-7-9-11-13-15-17-19-21-23-25-27-29-31-33-35-37-39-40-38-36-34-32-30-28-26-24-22-20-18-16-14-12-10-8-6-4-2;1-30(2)26(24-12-8-5-9-13-24)33(29(36)39-30)28(35)31(3,27(34)25-18-19-38-32-25)37-20-21-14-16-23(17-15-21)22-10-6-4-7-11-22;1-21(19(24)13-23,20(25)18-11-12-27-22-18)26-14-15-7-9-17(10-8-15)16-5-3-2-4-6-16;/h1-2H3;4-19,26-27,34H,20H2,1-3H3;2-12,20,23,25H,13-14H2,1H3;1H4/t;26-,27-,31-;20-,21+;/m.00./s1. The van der Waals surface area contributed by atoms with Gasteiger partial charge in [0, 0.05) is 131 Å². The summed E-state index contributed by atoms with van der Waals surface area (Å²) < 4.78 is 27.2. The number of ether oxygens (including phenoxy) is 3. The molecule has 3 heterocycles. The van der Waals surface area contributed by atoms with Gasteiger partial charge < -0.3 is 38.6 Å². The van der Waals surface area contributed by atoms with Crippen LogP contribution in [0.3, 0.4) is 0 Å². The monoisotopic (exact) mass is 1400 g/mol. The number of Topliss-reactive ketones (excluding diaryl/α,β-unsaturated/α-hetero) is 1. The lowest BCUT2D eigenvalue weighted by Gasteiger charge is -2.37. The van der Waals surface area contributed by atoms with E-state index < -0.39 is 59.4 Å². The zero-order chi connectivity index (χ0) is 75.8. The van der Waals surface area contributed by atoms with Crippen molar-refractivity contribution in [2.45, 2.75) is 97.2 Å². The Morgan fingerprint density at radius 1 is 0.439 bits per heavy atom. The minimum absolute atomic E-state index is 0. The van der Waals surface area contributed by atoms with Crippen LogP contribution in [0.25, 0.3) is 22.3 Å². The van der Waals surface area contributed by atoms with Crippen LogP contribution in [-0.4, -0.2) is 71.7 Å². The van der Waals surface area contributed by atoms with Crippen molar-refractivity contribution in [3.05, 3.63) is 192 Å². The number of carbonyl (C=O) groups excluding carboxylic acids is 3. The average molecular weight is 1400 g/mol. The lowest BCUT2D eigenvalue weighted by Crippen LogP contribution is -2.54. The van der Waals surface area contributed by atoms with Crippen molar-refractivity contribution in [1.82, 2.24) is 15.2 Å². The number of rotatable bonds is 16. The Morgan fingerprint density at radius 2 is 0.720 bits per heavy atom. The predicted molar refractivity (Wildman–Crippen MR) is 408 cm³/mol. The van der Waals surface area contributed by atoms with E-state index in [0.717, 1.165) is 43.8 Å². The quantitative estimate of drug-likeness (QED) is 0.0774. The number of hydrogen-bond acceptors (Lipinski definition) is 13. The van der Waals surface area contributed by atoms with Gasteiger partial charge in [-0.15, -0.1) is 0 Å². The van der Waals surface area contributed by atoms with Crippen molar-refractivity contribution in [2.24, 2.45) is 0 Å². The fourth-order valence-corrected chi connectivity index (χ4v) is 8.89. The summed E-state index contributed by atoms with van der Waals surface area (Å²) in [5.41, 5.74) is 2.32. The highest BCUT2D eigenvalue weighted by Crippen LogP contribution is 2.44. The van der Waals surface area contributed by atoms with Gasteiger partial charge >= 0.3 is 6.09 Å². The fourth-order valence-electron chi connectivity index (χ4n) is 8.89. The zero-order valence-electron chi connectivity index (χ0n) is 57.9. The number of aromatic nitrogens is 2. The maximum Gasteiger partial charge on any atom is 0.417 e. The molecule has 5 aromatic carbocycles. The normalized spacial score (nSPS) is 12.0. The molecule has 14 nitrogen and oxygen atoms in total. The Bertz CT molecular complexity index is 5470. The molecule has 0 bridgehead atoms. The first kappa shape index (κ1) is 82.2. The number of hydrogen-bond donors (Lipinski definition) is 3. The van der Waals surface area contributed by atoms with E-state index in [0.29, 0.717) is 0 Å². The summed E-state index contributed by atoms with van der Waals surface area (Å²) in [4.78, 5) is 40.6. The van der Waals surface area contributed by atoms with Crippen LogP contribution in [0, 0.1) is 225 Å². The molecular formula is C93H61N3O11. The number of cyclic esters (lactones) is 1. The molecule has 1 fully saturated rings. The van der Waals surface area contributed by atoms with E-state index >= 15 is 0 Å². The Labute approximate surface area is 625 Å². The van der Waals surface area contributed by atoms with Gasteiger partial charge in [-0.2, -0.15) is 0 Å². The third-order valence-electron chi connectivity index (χ3n) is 14.1. The molecule has 5 atom stereocenters. The second kappa shape index (κ2) is 46.1. The first-order chi connectivity index (χ1) is 51.7. The van der Waals surface area contributed by atoms with Crippen molar-refractivity contribution >= 4 is 17.8 Å². The molecule has 2 aromatic heterocycles. The second-order valence-electron chi connectivity index (χ2n) is 21.6. The van der Waals surface area contributed by atoms with Gasteiger partial charge in [-0.05, 0) is 175 Å². The molecular weight excluding hydrogens is 1340 g/mol. The van der Waals surface area contributed by atoms with Gasteiger partial charge in [0.1, 0.15) is 54.4 Å². The number of carbonyl (C=O) groups is 3. The van der Waals surface area contributed by atoms with E-state index in [-0.39, 0.29) is 32.0 Å². The van der Waals surface area contributed by atoms with Crippen molar-refractivity contribution in [2.75, 3.05) is 6.61 Å². The summed E-state index contributed by atoms with van der Waals surface area (Å²) in [6.07, 6.45) is -1.11. The summed E-state index contributed by atoms with van der Waals surface area (Å²) in [6, 6.07) is 46.7. The van der Waals surface area contributed by atoms with Crippen molar-refractivity contribution in [3.63, 3.8) is 0 Å². The number of benzene rings is 5. The Balaban J connectivity index is 0.000000292. The fraction of sp³-hybridized carbons (Fsp3) is 0.172. The first-order valence-corrected chi connectivity index (χ1v) is 31.5. The molecule has 14 heteroatoms. The average Bonchev–Trinajstić information content (AvgIpc) is 1.61. The van der Waals surface area contributed by atoms with Gasteiger partial charge in [-0.3, -0.25) is 9.59 Å². The minimum Gasteiger partial charge on any atom is -0.440 e.